The van der Waals surface area contributed by atoms with Crippen LogP contribution in [-0.4, -0.2) is 39.8 Å². The second-order valence-corrected chi connectivity index (χ2v) is 8.57. The zero-order valence-electron chi connectivity index (χ0n) is 21.0. The third kappa shape index (κ3) is 5.42. The third-order valence-electron chi connectivity index (χ3n) is 5.69. The fraction of sp³-hybridized carbons (Fsp3) is 0.179. The van der Waals surface area contributed by atoms with Crippen molar-refractivity contribution in [2.45, 2.75) is 6.92 Å². The lowest BCUT2D eigenvalue weighted by molar-refractivity contribution is -0.118. The van der Waals surface area contributed by atoms with Gasteiger partial charge in [0.25, 0.3) is 5.91 Å². The van der Waals surface area contributed by atoms with Crippen LogP contribution >= 0.6 is 11.6 Å². The third-order valence-corrected chi connectivity index (χ3v) is 6.10. The summed E-state index contributed by atoms with van der Waals surface area (Å²) >= 11 is 6.26. The summed E-state index contributed by atoms with van der Waals surface area (Å²) in [6, 6.07) is 14.4. The molecule has 0 aliphatic carbocycles. The molecule has 0 saturated carbocycles. The quantitative estimate of drug-likeness (QED) is 0.303. The maximum atomic E-state index is 13.5. The number of hydrogen-bond acceptors (Lipinski definition) is 8. The van der Waals surface area contributed by atoms with Crippen molar-refractivity contribution in [1.29, 1.82) is 0 Å². The number of halogens is 1. The Kier molecular flexibility index (Phi) is 7.87. The number of rotatable bonds is 8. The normalized spacial score (nSPS) is 10.7. The van der Waals surface area contributed by atoms with E-state index in [9.17, 15) is 14.4 Å². The van der Waals surface area contributed by atoms with Gasteiger partial charge in [-0.25, -0.2) is 4.79 Å². The fourth-order valence-electron chi connectivity index (χ4n) is 3.77. The lowest BCUT2D eigenvalue weighted by Gasteiger charge is -2.14. The lowest BCUT2D eigenvalue weighted by atomic mass is 10.1. The molecule has 1 amide bonds. The first kappa shape index (κ1) is 26.6. The molecule has 4 aromatic rings. The van der Waals surface area contributed by atoms with Crippen LogP contribution < -0.4 is 25.0 Å². The summed E-state index contributed by atoms with van der Waals surface area (Å²) in [5.41, 5.74) is 1.62. The summed E-state index contributed by atoms with van der Waals surface area (Å²) in [5.74, 6) is -0.285. The lowest BCUT2D eigenvalue weighted by Crippen LogP contribution is -2.23. The number of hydrogen-bond donors (Lipinski definition) is 1. The molecule has 0 radical (unpaired) electrons. The summed E-state index contributed by atoms with van der Waals surface area (Å²) < 4.78 is 27.2. The van der Waals surface area contributed by atoms with E-state index in [2.05, 4.69) is 5.32 Å². The molecule has 10 heteroatoms. The predicted octanol–water partition coefficient (Wildman–Crippen LogP) is 5.24. The van der Waals surface area contributed by atoms with Crippen molar-refractivity contribution in [1.82, 2.24) is 0 Å². The van der Waals surface area contributed by atoms with Crippen LogP contribution in [0.4, 0.5) is 5.69 Å². The summed E-state index contributed by atoms with van der Waals surface area (Å²) in [4.78, 5) is 38.0. The number of fused-ring (bicyclic) bond motifs is 1. The highest BCUT2D eigenvalue weighted by Crippen LogP contribution is 2.37. The highest BCUT2D eigenvalue weighted by Gasteiger charge is 2.21. The number of ether oxygens (including phenoxy) is 4. The SMILES string of the molecule is COC(=O)c1cccc(NC(=O)COc2c(-c3ccc(OC)c(OC)c3)oc3cc(C)c(Cl)cc3c2=O)c1. The van der Waals surface area contributed by atoms with Crippen molar-refractivity contribution < 1.29 is 33.0 Å². The zero-order valence-corrected chi connectivity index (χ0v) is 21.8. The number of aryl methyl sites for hydroxylation is 1. The molecule has 4 rings (SSSR count). The van der Waals surface area contributed by atoms with Crippen LogP contribution in [-0.2, 0) is 9.53 Å². The standard InChI is InChI=1S/C28H24ClNO8/c1-15-10-22-19(13-20(15)29)25(32)27(26(38-22)16-8-9-21(34-2)23(12-16)35-3)37-14-24(31)30-18-7-5-6-17(11-18)28(33)36-4/h5-13H,14H2,1-4H3,(H,30,31). The molecule has 0 unspecified atom stereocenters. The number of methoxy groups -OCH3 is 3. The first-order valence-corrected chi connectivity index (χ1v) is 11.7. The molecular weight excluding hydrogens is 514 g/mol. The van der Waals surface area contributed by atoms with Gasteiger partial charge in [-0.3, -0.25) is 9.59 Å². The molecule has 9 nitrogen and oxygen atoms in total. The first-order valence-electron chi connectivity index (χ1n) is 11.4. The molecule has 0 aliphatic rings. The summed E-state index contributed by atoms with van der Waals surface area (Å²) in [6.07, 6.45) is 0. The van der Waals surface area contributed by atoms with Gasteiger partial charge in [0.2, 0.25) is 11.2 Å². The van der Waals surface area contributed by atoms with E-state index in [1.165, 1.54) is 33.5 Å². The molecule has 196 valence electrons. The number of carbonyl (C=O) groups excluding carboxylic acids is 2. The molecule has 0 spiro atoms. The topological polar surface area (TPSA) is 113 Å². The number of carbonyl (C=O) groups is 2. The number of amides is 1. The van der Waals surface area contributed by atoms with E-state index in [0.717, 1.165) is 5.56 Å². The molecule has 0 aliphatic heterocycles. The van der Waals surface area contributed by atoms with E-state index in [1.807, 2.05) is 0 Å². The smallest absolute Gasteiger partial charge is 0.337 e. The Balaban J connectivity index is 1.71. The first-order chi connectivity index (χ1) is 18.2. The Morgan fingerprint density at radius 2 is 1.74 bits per heavy atom. The van der Waals surface area contributed by atoms with Gasteiger partial charge >= 0.3 is 5.97 Å². The number of nitrogens with one attached hydrogen (secondary N) is 1. The van der Waals surface area contributed by atoms with Crippen LogP contribution in [0.2, 0.25) is 5.02 Å². The molecule has 1 N–H and O–H groups in total. The van der Waals surface area contributed by atoms with Gasteiger partial charge in [0.1, 0.15) is 5.58 Å². The number of esters is 1. The summed E-state index contributed by atoms with van der Waals surface area (Å²) in [7, 11) is 4.26. The van der Waals surface area contributed by atoms with Gasteiger partial charge in [0.05, 0.1) is 32.3 Å². The molecule has 3 aromatic carbocycles. The largest absolute Gasteiger partial charge is 0.493 e. The van der Waals surface area contributed by atoms with Gasteiger partial charge in [0, 0.05) is 16.3 Å². The van der Waals surface area contributed by atoms with Crippen LogP contribution in [0.3, 0.4) is 0 Å². The van der Waals surface area contributed by atoms with Crippen LogP contribution in [0.15, 0.2) is 63.8 Å². The Labute approximate surface area is 222 Å². The van der Waals surface area contributed by atoms with Gasteiger partial charge in [-0.1, -0.05) is 17.7 Å². The van der Waals surface area contributed by atoms with Crippen molar-refractivity contribution >= 4 is 40.1 Å². The molecule has 0 bridgehead atoms. The average molecular weight is 538 g/mol. The molecule has 0 atom stereocenters. The minimum Gasteiger partial charge on any atom is -0.493 e. The summed E-state index contributed by atoms with van der Waals surface area (Å²) in [6.45, 7) is 1.28. The highest BCUT2D eigenvalue weighted by atomic mass is 35.5. The van der Waals surface area contributed by atoms with Crippen LogP contribution in [0.5, 0.6) is 17.2 Å². The molecule has 1 heterocycles. The molecule has 1 aromatic heterocycles. The maximum Gasteiger partial charge on any atom is 0.337 e. The second-order valence-electron chi connectivity index (χ2n) is 8.17. The van der Waals surface area contributed by atoms with Crippen molar-refractivity contribution in [3.63, 3.8) is 0 Å². The van der Waals surface area contributed by atoms with Gasteiger partial charge < -0.3 is 28.7 Å². The minimum atomic E-state index is -0.563. The van der Waals surface area contributed by atoms with E-state index in [0.29, 0.717) is 33.4 Å². The van der Waals surface area contributed by atoms with E-state index in [1.54, 1.807) is 49.4 Å². The Morgan fingerprint density at radius 3 is 2.45 bits per heavy atom. The van der Waals surface area contributed by atoms with Crippen molar-refractivity contribution in [2.24, 2.45) is 0 Å². The van der Waals surface area contributed by atoms with E-state index in [-0.39, 0.29) is 22.5 Å². The number of benzene rings is 3. The zero-order chi connectivity index (χ0) is 27.4. The summed E-state index contributed by atoms with van der Waals surface area (Å²) in [5, 5.41) is 3.22. The Hall–Kier alpha value is -4.50. The van der Waals surface area contributed by atoms with E-state index < -0.39 is 23.9 Å². The van der Waals surface area contributed by atoms with Gasteiger partial charge in [-0.05, 0) is 61.0 Å². The fourth-order valence-corrected chi connectivity index (χ4v) is 3.94. The van der Waals surface area contributed by atoms with Crippen molar-refractivity contribution in [3.05, 3.63) is 81.0 Å². The maximum absolute atomic E-state index is 13.5. The molecule has 0 fully saturated rings. The van der Waals surface area contributed by atoms with Gasteiger partial charge in [0.15, 0.2) is 23.9 Å². The average Bonchev–Trinajstić information content (AvgIpc) is 2.92. The highest BCUT2D eigenvalue weighted by molar-refractivity contribution is 6.32. The molecule has 0 saturated heterocycles. The minimum absolute atomic E-state index is 0.102. The van der Waals surface area contributed by atoms with Gasteiger partial charge in [-0.15, -0.1) is 0 Å². The van der Waals surface area contributed by atoms with E-state index >= 15 is 0 Å². The number of anilines is 1. The van der Waals surface area contributed by atoms with Crippen LogP contribution in [0, 0.1) is 6.92 Å². The van der Waals surface area contributed by atoms with Crippen LogP contribution in [0.25, 0.3) is 22.3 Å². The molecular formula is C28H24ClNO8. The Bertz CT molecular complexity index is 1590. The van der Waals surface area contributed by atoms with Crippen molar-refractivity contribution in [3.8, 4) is 28.6 Å². The van der Waals surface area contributed by atoms with Gasteiger partial charge in [-0.2, -0.15) is 0 Å². The second kappa shape index (κ2) is 11.3. The predicted molar refractivity (Wildman–Crippen MR) is 143 cm³/mol. The van der Waals surface area contributed by atoms with Crippen LogP contribution in [0.1, 0.15) is 15.9 Å². The Morgan fingerprint density at radius 1 is 0.974 bits per heavy atom. The van der Waals surface area contributed by atoms with Crippen molar-refractivity contribution in [2.75, 3.05) is 33.3 Å². The molecule has 38 heavy (non-hydrogen) atoms. The van der Waals surface area contributed by atoms with E-state index in [4.69, 9.17) is 35.0 Å². The monoisotopic (exact) mass is 537 g/mol.